The van der Waals surface area contributed by atoms with E-state index in [0.717, 1.165) is 11.1 Å². The van der Waals surface area contributed by atoms with E-state index < -0.39 is 0 Å². The Balaban J connectivity index is 1.97. The van der Waals surface area contributed by atoms with E-state index >= 15 is 0 Å². The molecule has 1 unspecified atom stereocenters. The molecular formula is C15H23ClN2. The molecule has 1 aliphatic heterocycles. The maximum Gasteiger partial charge on any atom is 0.0409 e. The van der Waals surface area contributed by atoms with Crippen LogP contribution in [0.2, 0.25) is 5.02 Å². The summed E-state index contributed by atoms with van der Waals surface area (Å²) in [6.45, 7) is 4.63. The molecule has 100 valence electrons. The molecule has 1 aromatic rings. The van der Waals surface area contributed by atoms with Gasteiger partial charge in [-0.1, -0.05) is 23.7 Å². The van der Waals surface area contributed by atoms with Gasteiger partial charge < -0.3 is 4.90 Å². The molecule has 18 heavy (non-hydrogen) atoms. The third-order valence-corrected chi connectivity index (χ3v) is 4.34. The van der Waals surface area contributed by atoms with Crippen molar-refractivity contribution < 1.29 is 0 Å². The number of halogens is 1. The number of benzene rings is 1. The van der Waals surface area contributed by atoms with Crippen LogP contribution in [0.25, 0.3) is 0 Å². The summed E-state index contributed by atoms with van der Waals surface area (Å²) in [4.78, 5) is 4.91. The number of likely N-dealkylation sites (tertiary alicyclic amines) is 1. The zero-order valence-corrected chi connectivity index (χ0v) is 12.3. The first kappa shape index (κ1) is 13.9. The minimum atomic E-state index is 0.465. The van der Waals surface area contributed by atoms with Gasteiger partial charge in [-0.25, -0.2) is 0 Å². The molecule has 1 heterocycles. The third kappa shape index (κ3) is 3.25. The SMILES string of the molecule is CC(c1cccc(Cl)c1)N1CCC(N(C)C)CC1. The average Bonchev–Trinajstić information content (AvgIpc) is 2.38. The molecule has 0 radical (unpaired) electrons. The van der Waals surface area contributed by atoms with Crippen molar-refractivity contribution in [2.24, 2.45) is 0 Å². The summed E-state index contributed by atoms with van der Waals surface area (Å²) in [6, 6.07) is 9.45. The molecule has 0 aromatic heterocycles. The largest absolute Gasteiger partial charge is 0.306 e. The fraction of sp³-hybridized carbons (Fsp3) is 0.600. The first-order valence-electron chi connectivity index (χ1n) is 6.74. The lowest BCUT2D eigenvalue weighted by molar-refractivity contribution is 0.115. The topological polar surface area (TPSA) is 6.48 Å². The second-order valence-corrected chi connectivity index (χ2v) is 5.90. The Hall–Kier alpha value is -0.570. The number of rotatable bonds is 3. The molecule has 0 saturated carbocycles. The zero-order chi connectivity index (χ0) is 13.1. The van der Waals surface area contributed by atoms with Gasteiger partial charge >= 0.3 is 0 Å². The molecule has 2 rings (SSSR count). The van der Waals surface area contributed by atoms with E-state index in [1.807, 2.05) is 12.1 Å². The zero-order valence-electron chi connectivity index (χ0n) is 11.6. The van der Waals surface area contributed by atoms with Crippen LogP contribution in [0.3, 0.4) is 0 Å². The second kappa shape index (κ2) is 6.05. The monoisotopic (exact) mass is 266 g/mol. The van der Waals surface area contributed by atoms with Crippen molar-refractivity contribution in [1.82, 2.24) is 9.80 Å². The maximum atomic E-state index is 6.07. The molecule has 1 atom stereocenters. The molecule has 0 amide bonds. The van der Waals surface area contributed by atoms with E-state index in [0.29, 0.717) is 6.04 Å². The number of hydrogen-bond donors (Lipinski definition) is 0. The Labute approximate surface area is 116 Å². The molecule has 0 bridgehead atoms. The molecule has 1 aliphatic rings. The molecule has 1 saturated heterocycles. The van der Waals surface area contributed by atoms with Crippen LogP contribution in [0.4, 0.5) is 0 Å². The Kier molecular flexibility index (Phi) is 4.66. The van der Waals surface area contributed by atoms with Gasteiger partial charge in [0.1, 0.15) is 0 Å². The van der Waals surface area contributed by atoms with E-state index in [9.17, 15) is 0 Å². The van der Waals surface area contributed by atoms with Crippen LogP contribution in [0, 0.1) is 0 Å². The molecule has 0 spiro atoms. The second-order valence-electron chi connectivity index (χ2n) is 5.46. The van der Waals surface area contributed by atoms with Gasteiger partial charge in [0.15, 0.2) is 0 Å². The predicted molar refractivity (Wildman–Crippen MR) is 78.1 cm³/mol. The van der Waals surface area contributed by atoms with Crippen LogP contribution in [0.5, 0.6) is 0 Å². The summed E-state index contributed by atoms with van der Waals surface area (Å²) in [7, 11) is 4.36. The first-order valence-corrected chi connectivity index (χ1v) is 7.11. The summed E-state index contributed by atoms with van der Waals surface area (Å²) in [5.41, 5.74) is 1.32. The third-order valence-electron chi connectivity index (χ3n) is 4.11. The number of piperidine rings is 1. The summed E-state index contributed by atoms with van der Waals surface area (Å²) in [5.74, 6) is 0. The highest BCUT2D eigenvalue weighted by Crippen LogP contribution is 2.26. The molecule has 1 fully saturated rings. The van der Waals surface area contributed by atoms with Gasteiger partial charge in [-0.2, -0.15) is 0 Å². The predicted octanol–water partition coefficient (Wildman–Crippen LogP) is 3.43. The molecule has 3 heteroatoms. The number of hydrogen-bond acceptors (Lipinski definition) is 2. The molecule has 0 aliphatic carbocycles. The number of nitrogens with zero attached hydrogens (tertiary/aromatic N) is 2. The van der Waals surface area contributed by atoms with Gasteiger partial charge in [-0.05, 0) is 51.6 Å². The molecule has 0 N–H and O–H groups in total. The van der Waals surface area contributed by atoms with E-state index in [1.165, 1.54) is 31.5 Å². The van der Waals surface area contributed by atoms with Crippen LogP contribution in [-0.4, -0.2) is 43.0 Å². The van der Waals surface area contributed by atoms with E-state index in [-0.39, 0.29) is 0 Å². The lowest BCUT2D eigenvalue weighted by Gasteiger charge is -2.38. The Morgan fingerprint density at radius 3 is 2.50 bits per heavy atom. The van der Waals surface area contributed by atoms with Crippen molar-refractivity contribution in [1.29, 1.82) is 0 Å². The van der Waals surface area contributed by atoms with E-state index in [2.05, 4.69) is 43.0 Å². The highest BCUT2D eigenvalue weighted by Gasteiger charge is 2.24. The van der Waals surface area contributed by atoms with Gasteiger partial charge in [-0.15, -0.1) is 0 Å². The van der Waals surface area contributed by atoms with E-state index in [4.69, 9.17) is 11.6 Å². The highest BCUT2D eigenvalue weighted by molar-refractivity contribution is 6.30. The van der Waals surface area contributed by atoms with Gasteiger partial charge in [0, 0.05) is 30.2 Å². The fourth-order valence-electron chi connectivity index (χ4n) is 2.77. The van der Waals surface area contributed by atoms with Gasteiger partial charge in [0.2, 0.25) is 0 Å². The van der Waals surface area contributed by atoms with Crippen molar-refractivity contribution in [3.8, 4) is 0 Å². The van der Waals surface area contributed by atoms with Gasteiger partial charge in [-0.3, -0.25) is 4.90 Å². The summed E-state index contributed by atoms with van der Waals surface area (Å²) in [6.07, 6.45) is 2.52. The van der Waals surface area contributed by atoms with Crippen LogP contribution in [0.1, 0.15) is 31.4 Å². The Bertz CT molecular complexity index is 384. The van der Waals surface area contributed by atoms with Crippen molar-refractivity contribution in [3.05, 3.63) is 34.9 Å². The first-order chi connectivity index (χ1) is 8.58. The fourth-order valence-corrected chi connectivity index (χ4v) is 2.97. The minimum Gasteiger partial charge on any atom is -0.306 e. The summed E-state index contributed by atoms with van der Waals surface area (Å²) < 4.78 is 0. The van der Waals surface area contributed by atoms with Gasteiger partial charge in [0.25, 0.3) is 0 Å². The van der Waals surface area contributed by atoms with Crippen molar-refractivity contribution in [2.75, 3.05) is 27.2 Å². The minimum absolute atomic E-state index is 0.465. The maximum absolute atomic E-state index is 6.07. The average molecular weight is 267 g/mol. The Morgan fingerprint density at radius 2 is 1.94 bits per heavy atom. The summed E-state index contributed by atoms with van der Waals surface area (Å²) >= 11 is 6.07. The van der Waals surface area contributed by atoms with Crippen molar-refractivity contribution in [2.45, 2.75) is 31.8 Å². The molecular weight excluding hydrogens is 244 g/mol. The molecule has 1 aromatic carbocycles. The van der Waals surface area contributed by atoms with Gasteiger partial charge in [0.05, 0.1) is 0 Å². The molecule has 2 nitrogen and oxygen atoms in total. The quantitative estimate of drug-likeness (QED) is 0.827. The normalized spacial score (nSPS) is 20.3. The van der Waals surface area contributed by atoms with E-state index in [1.54, 1.807) is 0 Å². The highest BCUT2D eigenvalue weighted by atomic mass is 35.5. The van der Waals surface area contributed by atoms with Crippen LogP contribution in [-0.2, 0) is 0 Å². The lowest BCUT2D eigenvalue weighted by atomic mass is 10.00. The van der Waals surface area contributed by atoms with Crippen LogP contribution >= 0.6 is 11.6 Å². The summed E-state index contributed by atoms with van der Waals surface area (Å²) in [5, 5.41) is 0.836. The van der Waals surface area contributed by atoms with Crippen LogP contribution < -0.4 is 0 Å². The van der Waals surface area contributed by atoms with Crippen LogP contribution in [0.15, 0.2) is 24.3 Å². The standard InChI is InChI=1S/C15H23ClN2/c1-12(13-5-4-6-14(16)11-13)18-9-7-15(8-10-18)17(2)3/h4-6,11-12,15H,7-10H2,1-3H3. The van der Waals surface area contributed by atoms with Crippen molar-refractivity contribution in [3.63, 3.8) is 0 Å². The van der Waals surface area contributed by atoms with Crippen molar-refractivity contribution >= 4 is 11.6 Å². The Morgan fingerprint density at radius 1 is 1.28 bits per heavy atom. The smallest absolute Gasteiger partial charge is 0.0409 e. The lowest BCUT2D eigenvalue weighted by Crippen LogP contribution is -2.42.